The van der Waals surface area contributed by atoms with Gasteiger partial charge >= 0.3 is 6.03 Å². The molecule has 138 valence electrons. The molecule has 1 aromatic carbocycles. The van der Waals surface area contributed by atoms with Gasteiger partial charge in [0.05, 0.1) is 20.9 Å². The zero-order valence-corrected chi connectivity index (χ0v) is 16.1. The molecule has 0 unspecified atom stereocenters. The van der Waals surface area contributed by atoms with Gasteiger partial charge in [-0.3, -0.25) is 10.3 Å². The highest BCUT2D eigenvalue weighted by molar-refractivity contribution is 7.22. The van der Waals surface area contributed by atoms with Crippen molar-refractivity contribution in [1.29, 1.82) is 0 Å². The first-order valence-corrected chi connectivity index (χ1v) is 9.62. The smallest absolute Gasteiger partial charge is 0.320 e. The van der Waals surface area contributed by atoms with Crippen LogP contribution < -0.4 is 5.32 Å². The Hall–Kier alpha value is -2.51. The van der Waals surface area contributed by atoms with Crippen LogP contribution in [0.3, 0.4) is 0 Å². The number of rotatable bonds is 2. The lowest BCUT2D eigenvalue weighted by Crippen LogP contribution is -2.37. The molecule has 3 heterocycles. The number of anilines is 1. The number of hydrogen-bond donors (Lipinski definition) is 1. The number of halogens is 2. The first kappa shape index (κ1) is 17.9. The van der Waals surface area contributed by atoms with E-state index in [9.17, 15) is 9.18 Å². The minimum absolute atomic E-state index is 0.229. The standard InChI is InChI=1S/C19H16ClFN4OS/c1-11-8-14(20)17(22-10-11)12-4-6-25(7-5-12)19(26)24-18-23-15-3-2-13(21)9-16(15)27-18/h2-4,8-10H,5-7H2,1H3,(H,23,24,26). The van der Waals surface area contributed by atoms with E-state index in [1.54, 1.807) is 17.2 Å². The van der Waals surface area contributed by atoms with Gasteiger partial charge < -0.3 is 4.90 Å². The van der Waals surface area contributed by atoms with Crippen molar-refractivity contribution >= 4 is 49.9 Å². The summed E-state index contributed by atoms with van der Waals surface area (Å²) in [5.41, 5.74) is 3.49. The number of amides is 2. The molecule has 0 atom stereocenters. The van der Waals surface area contributed by atoms with E-state index in [0.29, 0.717) is 39.9 Å². The molecule has 27 heavy (non-hydrogen) atoms. The molecule has 1 aliphatic heterocycles. The van der Waals surface area contributed by atoms with Crippen molar-refractivity contribution in [2.45, 2.75) is 13.3 Å². The van der Waals surface area contributed by atoms with Gasteiger partial charge in [0.1, 0.15) is 5.82 Å². The van der Waals surface area contributed by atoms with Gasteiger partial charge in [-0.05, 0) is 48.7 Å². The van der Waals surface area contributed by atoms with E-state index >= 15 is 0 Å². The number of aromatic nitrogens is 2. The van der Waals surface area contributed by atoms with E-state index in [-0.39, 0.29) is 11.8 Å². The van der Waals surface area contributed by atoms with Gasteiger partial charge in [-0.1, -0.05) is 29.0 Å². The maximum absolute atomic E-state index is 13.3. The lowest BCUT2D eigenvalue weighted by atomic mass is 10.0. The minimum atomic E-state index is -0.318. The van der Waals surface area contributed by atoms with Crippen LogP contribution in [0.1, 0.15) is 17.7 Å². The summed E-state index contributed by atoms with van der Waals surface area (Å²) in [6, 6.07) is 6.03. The third-order valence-corrected chi connectivity index (χ3v) is 5.56. The number of nitrogens with one attached hydrogen (secondary N) is 1. The molecule has 5 nitrogen and oxygen atoms in total. The third kappa shape index (κ3) is 3.79. The molecule has 2 aromatic heterocycles. The second-order valence-electron chi connectivity index (χ2n) is 6.33. The quantitative estimate of drug-likeness (QED) is 0.647. The maximum atomic E-state index is 13.3. The van der Waals surface area contributed by atoms with Gasteiger partial charge in [0.15, 0.2) is 5.13 Å². The Balaban J connectivity index is 1.45. The summed E-state index contributed by atoms with van der Waals surface area (Å²) < 4.78 is 14.0. The van der Waals surface area contributed by atoms with Crippen LogP contribution in [0.2, 0.25) is 5.02 Å². The first-order valence-electron chi connectivity index (χ1n) is 8.43. The molecule has 0 spiro atoms. The van der Waals surface area contributed by atoms with Gasteiger partial charge in [0.25, 0.3) is 0 Å². The highest BCUT2D eigenvalue weighted by atomic mass is 35.5. The fourth-order valence-corrected chi connectivity index (χ4v) is 4.18. The van der Waals surface area contributed by atoms with Crippen LogP contribution in [0.25, 0.3) is 15.8 Å². The molecule has 0 saturated heterocycles. The molecule has 2 amide bonds. The summed E-state index contributed by atoms with van der Waals surface area (Å²) in [6.45, 7) is 2.97. The number of thiazole rings is 1. The minimum Gasteiger partial charge on any atom is -0.320 e. The van der Waals surface area contributed by atoms with Crippen LogP contribution >= 0.6 is 22.9 Å². The summed E-state index contributed by atoms with van der Waals surface area (Å²) >= 11 is 7.54. The van der Waals surface area contributed by atoms with E-state index in [0.717, 1.165) is 16.8 Å². The average Bonchev–Trinajstić information content (AvgIpc) is 3.03. The molecular weight excluding hydrogens is 387 g/mol. The van der Waals surface area contributed by atoms with E-state index in [4.69, 9.17) is 11.6 Å². The highest BCUT2D eigenvalue weighted by Crippen LogP contribution is 2.29. The Morgan fingerprint density at radius 1 is 1.37 bits per heavy atom. The molecular formula is C19H16ClFN4OS. The number of carbonyl (C=O) groups excluding carboxylic acids is 1. The number of nitrogens with zero attached hydrogens (tertiary/aromatic N) is 3. The number of carbonyl (C=O) groups is 1. The molecule has 0 aliphatic carbocycles. The van der Waals surface area contributed by atoms with Gasteiger partial charge in [-0.25, -0.2) is 14.2 Å². The normalized spacial score (nSPS) is 14.3. The number of aryl methyl sites for hydroxylation is 1. The Morgan fingerprint density at radius 3 is 2.96 bits per heavy atom. The molecule has 1 N–H and O–H groups in total. The van der Waals surface area contributed by atoms with Crippen molar-refractivity contribution in [1.82, 2.24) is 14.9 Å². The maximum Gasteiger partial charge on any atom is 0.323 e. The number of benzene rings is 1. The van der Waals surface area contributed by atoms with E-state index in [1.807, 2.05) is 19.1 Å². The van der Waals surface area contributed by atoms with Crippen molar-refractivity contribution in [2.24, 2.45) is 0 Å². The predicted molar refractivity (Wildman–Crippen MR) is 107 cm³/mol. The van der Waals surface area contributed by atoms with Crippen LogP contribution in [-0.2, 0) is 0 Å². The SMILES string of the molecule is Cc1cnc(C2=CCN(C(=O)Nc3nc4ccc(F)cc4s3)CC2)c(Cl)c1. The summed E-state index contributed by atoms with van der Waals surface area (Å²) in [6.07, 6.45) is 4.44. The number of fused-ring (bicyclic) bond motifs is 1. The zero-order chi connectivity index (χ0) is 19.0. The molecule has 3 aromatic rings. The molecule has 8 heteroatoms. The van der Waals surface area contributed by atoms with E-state index in [1.165, 1.54) is 23.5 Å². The summed E-state index contributed by atoms with van der Waals surface area (Å²) in [4.78, 5) is 22.9. The lowest BCUT2D eigenvalue weighted by molar-refractivity contribution is 0.217. The number of hydrogen-bond acceptors (Lipinski definition) is 4. The van der Waals surface area contributed by atoms with Crippen LogP contribution in [0.15, 0.2) is 36.5 Å². The molecule has 0 radical (unpaired) electrons. The largest absolute Gasteiger partial charge is 0.323 e. The molecule has 0 saturated carbocycles. The Bertz CT molecular complexity index is 1070. The van der Waals surface area contributed by atoms with E-state index < -0.39 is 0 Å². The Morgan fingerprint density at radius 2 is 2.22 bits per heavy atom. The van der Waals surface area contributed by atoms with Crippen molar-refractivity contribution < 1.29 is 9.18 Å². The molecule has 1 aliphatic rings. The number of pyridine rings is 1. The molecule has 4 rings (SSSR count). The molecule has 0 bridgehead atoms. The Labute approximate surface area is 164 Å². The first-order chi connectivity index (χ1) is 13.0. The van der Waals surface area contributed by atoms with Crippen molar-refractivity contribution in [3.05, 3.63) is 58.6 Å². The van der Waals surface area contributed by atoms with Gasteiger partial charge in [0, 0.05) is 19.3 Å². The van der Waals surface area contributed by atoms with Gasteiger partial charge in [-0.2, -0.15) is 0 Å². The van der Waals surface area contributed by atoms with E-state index in [2.05, 4.69) is 15.3 Å². The average molecular weight is 403 g/mol. The second kappa shape index (κ2) is 7.25. The third-order valence-electron chi connectivity index (χ3n) is 4.34. The highest BCUT2D eigenvalue weighted by Gasteiger charge is 2.20. The fourth-order valence-electron chi connectivity index (χ4n) is 2.96. The second-order valence-corrected chi connectivity index (χ2v) is 7.77. The zero-order valence-electron chi connectivity index (χ0n) is 14.5. The predicted octanol–water partition coefficient (Wildman–Crippen LogP) is 5.11. The Kier molecular flexibility index (Phi) is 4.80. The van der Waals surface area contributed by atoms with Crippen molar-refractivity contribution in [3.63, 3.8) is 0 Å². The van der Waals surface area contributed by atoms with Crippen molar-refractivity contribution in [3.8, 4) is 0 Å². The van der Waals surface area contributed by atoms with Gasteiger partial charge in [-0.15, -0.1) is 0 Å². The fraction of sp³-hybridized carbons (Fsp3) is 0.211. The summed E-state index contributed by atoms with van der Waals surface area (Å²) in [5, 5.41) is 3.88. The van der Waals surface area contributed by atoms with Crippen LogP contribution in [-0.4, -0.2) is 34.0 Å². The topological polar surface area (TPSA) is 58.1 Å². The summed E-state index contributed by atoms with van der Waals surface area (Å²) in [7, 11) is 0. The molecule has 0 fully saturated rings. The van der Waals surface area contributed by atoms with Crippen LogP contribution in [0.4, 0.5) is 14.3 Å². The van der Waals surface area contributed by atoms with Gasteiger partial charge in [0.2, 0.25) is 0 Å². The monoisotopic (exact) mass is 402 g/mol. The number of urea groups is 1. The van der Waals surface area contributed by atoms with Crippen LogP contribution in [0, 0.1) is 12.7 Å². The van der Waals surface area contributed by atoms with Crippen molar-refractivity contribution in [2.75, 3.05) is 18.4 Å². The van der Waals surface area contributed by atoms with Crippen LogP contribution in [0.5, 0.6) is 0 Å². The lowest BCUT2D eigenvalue weighted by Gasteiger charge is -2.26. The summed E-state index contributed by atoms with van der Waals surface area (Å²) in [5.74, 6) is -0.318.